The Morgan fingerprint density at radius 3 is 2.80 bits per heavy atom. The molecule has 2 aliphatic rings. The third-order valence-electron chi connectivity index (χ3n) is 2.23. The fourth-order valence-corrected chi connectivity index (χ4v) is 1.44. The monoisotopic (exact) mass is 142 g/mol. The molecule has 0 amide bonds. The van der Waals surface area contributed by atoms with Crippen molar-refractivity contribution in [3.63, 3.8) is 0 Å². The molecule has 1 unspecified atom stereocenters. The summed E-state index contributed by atoms with van der Waals surface area (Å²) in [7, 11) is 0. The van der Waals surface area contributed by atoms with E-state index in [-0.39, 0.29) is 0 Å². The van der Waals surface area contributed by atoms with Gasteiger partial charge in [0.1, 0.15) is 0 Å². The summed E-state index contributed by atoms with van der Waals surface area (Å²) < 4.78 is 5.33. The molecule has 3 nitrogen and oxygen atoms in total. The van der Waals surface area contributed by atoms with E-state index in [1.54, 1.807) is 0 Å². The highest BCUT2D eigenvalue weighted by Gasteiger charge is 2.24. The van der Waals surface area contributed by atoms with Crippen LogP contribution in [0.15, 0.2) is 0 Å². The Kier molecular flexibility index (Phi) is 1.88. The van der Waals surface area contributed by atoms with E-state index in [4.69, 9.17) is 4.74 Å². The van der Waals surface area contributed by atoms with Gasteiger partial charge in [-0.1, -0.05) is 0 Å². The fraction of sp³-hybridized carbons (Fsp3) is 1.00. The molecule has 0 aromatic carbocycles. The lowest BCUT2D eigenvalue weighted by Gasteiger charge is -2.40. The van der Waals surface area contributed by atoms with Crippen molar-refractivity contribution in [3.05, 3.63) is 0 Å². The van der Waals surface area contributed by atoms with Crippen molar-refractivity contribution in [3.8, 4) is 0 Å². The van der Waals surface area contributed by atoms with E-state index in [0.717, 1.165) is 19.8 Å². The van der Waals surface area contributed by atoms with Gasteiger partial charge in [-0.2, -0.15) is 0 Å². The van der Waals surface area contributed by atoms with Crippen molar-refractivity contribution in [2.45, 2.75) is 12.6 Å². The number of morpholine rings is 1. The zero-order chi connectivity index (χ0) is 6.81. The maximum atomic E-state index is 5.33. The van der Waals surface area contributed by atoms with Gasteiger partial charge in [0.25, 0.3) is 0 Å². The molecule has 10 heavy (non-hydrogen) atoms. The fourth-order valence-electron chi connectivity index (χ4n) is 1.44. The van der Waals surface area contributed by atoms with E-state index in [1.165, 1.54) is 19.5 Å². The summed E-state index contributed by atoms with van der Waals surface area (Å²) in [4.78, 5) is 2.43. The summed E-state index contributed by atoms with van der Waals surface area (Å²) in [5, 5.41) is 3.42. The van der Waals surface area contributed by atoms with Crippen molar-refractivity contribution in [1.82, 2.24) is 10.2 Å². The second-order valence-corrected chi connectivity index (χ2v) is 2.93. The summed E-state index contributed by atoms with van der Waals surface area (Å²) in [5.41, 5.74) is 0. The number of likely N-dealkylation sites (tertiary alicyclic amines) is 1. The highest BCUT2D eigenvalue weighted by Crippen LogP contribution is 2.10. The molecule has 1 atom stereocenters. The maximum Gasteiger partial charge on any atom is 0.0839 e. The standard InChI is InChI=1S/C7H14N2O/c1-3-9(4-1)7-6-10-5-2-8-7/h7-8H,1-6H2. The third kappa shape index (κ3) is 1.17. The van der Waals surface area contributed by atoms with Crippen LogP contribution in [0.1, 0.15) is 6.42 Å². The highest BCUT2D eigenvalue weighted by atomic mass is 16.5. The first-order valence-electron chi connectivity index (χ1n) is 4.02. The zero-order valence-corrected chi connectivity index (χ0v) is 6.18. The summed E-state index contributed by atoms with van der Waals surface area (Å²) >= 11 is 0. The van der Waals surface area contributed by atoms with Crippen molar-refractivity contribution >= 4 is 0 Å². The van der Waals surface area contributed by atoms with Gasteiger partial charge in [-0.3, -0.25) is 10.2 Å². The van der Waals surface area contributed by atoms with E-state index in [0.29, 0.717) is 6.17 Å². The number of ether oxygens (including phenoxy) is 1. The van der Waals surface area contributed by atoms with Gasteiger partial charge in [0.05, 0.1) is 19.4 Å². The number of nitrogens with one attached hydrogen (secondary N) is 1. The zero-order valence-electron chi connectivity index (χ0n) is 6.18. The first-order chi connectivity index (χ1) is 4.97. The quantitative estimate of drug-likeness (QED) is 0.541. The van der Waals surface area contributed by atoms with Crippen LogP contribution in [0.3, 0.4) is 0 Å². The smallest absolute Gasteiger partial charge is 0.0839 e. The topological polar surface area (TPSA) is 24.5 Å². The summed E-state index contributed by atoms with van der Waals surface area (Å²) in [5.74, 6) is 0. The van der Waals surface area contributed by atoms with Gasteiger partial charge in [0.15, 0.2) is 0 Å². The maximum absolute atomic E-state index is 5.33. The molecule has 2 saturated heterocycles. The molecule has 0 aromatic rings. The Balaban J connectivity index is 1.78. The van der Waals surface area contributed by atoms with Crippen molar-refractivity contribution in [1.29, 1.82) is 0 Å². The highest BCUT2D eigenvalue weighted by molar-refractivity contribution is 4.78. The molecule has 0 aliphatic carbocycles. The largest absolute Gasteiger partial charge is 0.377 e. The Hall–Kier alpha value is -0.120. The van der Waals surface area contributed by atoms with Crippen molar-refractivity contribution in [2.75, 3.05) is 32.8 Å². The van der Waals surface area contributed by atoms with E-state index in [2.05, 4.69) is 10.2 Å². The lowest BCUT2D eigenvalue weighted by atomic mass is 10.2. The first-order valence-corrected chi connectivity index (χ1v) is 4.02. The molecule has 2 heterocycles. The van der Waals surface area contributed by atoms with E-state index in [1.807, 2.05) is 0 Å². The number of hydrogen-bond acceptors (Lipinski definition) is 3. The molecule has 1 N–H and O–H groups in total. The predicted molar refractivity (Wildman–Crippen MR) is 38.8 cm³/mol. The molecule has 2 fully saturated rings. The molecular weight excluding hydrogens is 128 g/mol. The Labute approximate surface area is 61.3 Å². The first kappa shape index (κ1) is 6.58. The number of rotatable bonds is 1. The van der Waals surface area contributed by atoms with Crippen LogP contribution < -0.4 is 5.32 Å². The van der Waals surface area contributed by atoms with E-state index >= 15 is 0 Å². The van der Waals surface area contributed by atoms with Crippen LogP contribution in [-0.2, 0) is 4.74 Å². The Morgan fingerprint density at radius 1 is 1.40 bits per heavy atom. The van der Waals surface area contributed by atoms with E-state index in [9.17, 15) is 0 Å². The predicted octanol–water partition coefficient (Wildman–Crippen LogP) is -0.362. The Morgan fingerprint density at radius 2 is 2.30 bits per heavy atom. The molecule has 2 aliphatic heterocycles. The normalized spacial score (nSPS) is 35.4. The lowest BCUT2D eigenvalue weighted by Crippen LogP contribution is -2.57. The third-order valence-corrected chi connectivity index (χ3v) is 2.23. The van der Waals surface area contributed by atoms with Gasteiger partial charge in [-0.15, -0.1) is 0 Å². The van der Waals surface area contributed by atoms with Crippen molar-refractivity contribution in [2.24, 2.45) is 0 Å². The molecule has 3 heteroatoms. The molecule has 0 saturated carbocycles. The van der Waals surface area contributed by atoms with Crippen LogP contribution in [0, 0.1) is 0 Å². The number of hydrogen-bond donors (Lipinski definition) is 1. The molecule has 0 aromatic heterocycles. The minimum atomic E-state index is 0.516. The van der Waals surface area contributed by atoms with Gasteiger partial charge in [0, 0.05) is 19.6 Å². The molecule has 0 spiro atoms. The van der Waals surface area contributed by atoms with Crippen LogP contribution >= 0.6 is 0 Å². The van der Waals surface area contributed by atoms with Crippen LogP contribution in [0.2, 0.25) is 0 Å². The molecule has 2 rings (SSSR count). The second kappa shape index (κ2) is 2.86. The average molecular weight is 142 g/mol. The molecule has 0 radical (unpaired) electrons. The molecule has 58 valence electrons. The van der Waals surface area contributed by atoms with Gasteiger partial charge in [-0.25, -0.2) is 0 Å². The van der Waals surface area contributed by atoms with Crippen LogP contribution in [0.4, 0.5) is 0 Å². The van der Waals surface area contributed by atoms with E-state index < -0.39 is 0 Å². The minimum absolute atomic E-state index is 0.516. The van der Waals surface area contributed by atoms with Gasteiger partial charge in [-0.05, 0) is 6.42 Å². The average Bonchev–Trinajstić information content (AvgIpc) is 1.86. The van der Waals surface area contributed by atoms with Gasteiger partial charge < -0.3 is 4.74 Å². The van der Waals surface area contributed by atoms with Crippen LogP contribution in [0.25, 0.3) is 0 Å². The molecule has 0 bridgehead atoms. The second-order valence-electron chi connectivity index (χ2n) is 2.93. The Bertz CT molecular complexity index is 108. The molecular formula is C7H14N2O. The minimum Gasteiger partial charge on any atom is -0.377 e. The summed E-state index contributed by atoms with van der Waals surface area (Å²) in [6, 6.07) is 0. The summed E-state index contributed by atoms with van der Waals surface area (Å²) in [6.07, 6.45) is 1.88. The van der Waals surface area contributed by atoms with Gasteiger partial charge in [0.2, 0.25) is 0 Å². The van der Waals surface area contributed by atoms with Crippen LogP contribution in [0.5, 0.6) is 0 Å². The lowest BCUT2D eigenvalue weighted by molar-refractivity contribution is -0.0152. The van der Waals surface area contributed by atoms with Gasteiger partial charge >= 0.3 is 0 Å². The number of nitrogens with zero attached hydrogens (tertiary/aromatic N) is 1. The summed E-state index contributed by atoms with van der Waals surface area (Å²) in [6.45, 7) is 5.27. The van der Waals surface area contributed by atoms with Crippen LogP contribution in [-0.4, -0.2) is 43.9 Å². The van der Waals surface area contributed by atoms with Crippen molar-refractivity contribution < 1.29 is 4.74 Å². The SMILES string of the molecule is C1CN(C2COCCN2)C1.